The van der Waals surface area contributed by atoms with Gasteiger partial charge in [-0.25, -0.2) is 4.68 Å². The van der Waals surface area contributed by atoms with E-state index in [-0.39, 0.29) is 5.91 Å². The van der Waals surface area contributed by atoms with Gasteiger partial charge in [0, 0.05) is 12.0 Å². The average Bonchev–Trinajstić information content (AvgIpc) is 2.90. The fraction of sp³-hybridized carbons (Fsp3) is 0.0625. The summed E-state index contributed by atoms with van der Waals surface area (Å²) in [5, 5.41) is 6.90. The Hall–Kier alpha value is -2.73. The van der Waals surface area contributed by atoms with Gasteiger partial charge in [-0.2, -0.15) is 5.10 Å². The maximum atomic E-state index is 12.2. The molecule has 3 aromatic rings. The molecule has 1 heterocycles. The standard InChI is InChI=1S/C16H14N4OS/c21-15(13-9-5-2-6-10-13)19-20-14(17-18-16(20)22)11-12-7-3-1-4-8-12/h1-10H,11H2,(H,18,22)(H,19,21). The zero-order chi connectivity index (χ0) is 15.4. The Morgan fingerprint density at radius 3 is 2.41 bits per heavy atom. The van der Waals surface area contributed by atoms with Crippen LogP contribution in [0.4, 0.5) is 0 Å². The first-order chi connectivity index (χ1) is 10.7. The van der Waals surface area contributed by atoms with Gasteiger partial charge in [-0.1, -0.05) is 48.5 Å². The van der Waals surface area contributed by atoms with Crippen LogP contribution in [-0.4, -0.2) is 20.8 Å². The van der Waals surface area contributed by atoms with E-state index in [9.17, 15) is 4.79 Å². The van der Waals surface area contributed by atoms with Crippen molar-refractivity contribution in [3.63, 3.8) is 0 Å². The van der Waals surface area contributed by atoms with E-state index >= 15 is 0 Å². The number of benzene rings is 2. The van der Waals surface area contributed by atoms with Crippen LogP contribution in [-0.2, 0) is 6.42 Å². The Kier molecular flexibility index (Phi) is 4.11. The van der Waals surface area contributed by atoms with Crippen LogP contribution in [0, 0.1) is 4.77 Å². The molecule has 22 heavy (non-hydrogen) atoms. The third-order valence-corrected chi connectivity index (χ3v) is 3.47. The van der Waals surface area contributed by atoms with Crippen LogP contribution in [0.5, 0.6) is 0 Å². The number of carbonyl (C=O) groups is 1. The molecule has 0 bridgehead atoms. The van der Waals surface area contributed by atoms with Crippen molar-refractivity contribution < 1.29 is 4.79 Å². The first kappa shape index (κ1) is 14.2. The molecular formula is C16H14N4OS. The molecule has 1 amide bonds. The zero-order valence-corrected chi connectivity index (χ0v) is 12.5. The van der Waals surface area contributed by atoms with E-state index in [0.717, 1.165) is 5.56 Å². The smallest absolute Gasteiger partial charge is 0.267 e. The lowest BCUT2D eigenvalue weighted by molar-refractivity contribution is 0.101. The van der Waals surface area contributed by atoms with E-state index in [2.05, 4.69) is 15.6 Å². The van der Waals surface area contributed by atoms with Gasteiger partial charge in [0.2, 0.25) is 4.77 Å². The predicted molar refractivity (Wildman–Crippen MR) is 86.8 cm³/mol. The molecule has 0 spiro atoms. The minimum absolute atomic E-state index is 0.229. The molecule has 2 N–H and O–H groups in total. The van der Waals surface area contributed by atoms with Crippen molar-refractivity contribution in [3.05, 3.63) is 82.4 Å². The van der Waals surface area contributed by atoms with E-state index in [4.69, 9.17) is 12.2 Å². The van der Waals surface area contributed by atoms with Gasteiger partial charge in [0.1, 0.15) is 0 Å². The number of rotatable bonds is 4. The van der Waals surface area contributed by atoms with Crippen molar-refractivity contribution in [2.24, 2.45) is 0 Å². The van der Waals surface area contributed by atoms with Gasteiger partial charge in [-0.05, 0) is 29.9 Å². The van der Waals surface area contributed by atoms with Gasteiger partial charge >= 0.3 is 0 Å². The molecule has 2 aromatic carbocycles. The molecule has 0 saturated heterocycles. The van der Waals surface area contributed by atoms with Crippen molar-refractivity contribution in [2.75, 3.05) is 5.43 Å². The van der Waals surface area contributed by atoms with Crippen LogP contribution in [0.1, 0.15) is 21.7 Å². The number of H-pyrrole nitrogens is 1. The molecule has 0 fully saturated rings. The van der Waals surface area contributed by atoms with Crippen molar-refractivity contribution in [3.8, 4) is 0 Å². The summed E-state index contributed by atoms with van der Waals surface area (Å²) in [4.78, 5) is 12.2. The van der Waals surface area contributed by atoms with E-state index in [1.165, 1.54) is 4.68 Å². The summed E-state index contributed by atoms with van der Waals surface area (Å²) >= 11 is 5.19. The number of hydrogen-bond acceptors (Lipinski definition) is 3. The Balaban J connectivity index is 1.84. The van der Waals surface area contributed by atoms with E-state index in [1.54, 1.807) is 12.1 Å². The summed E-state index contributed by atoms with van der Waals surface area (Å²) in [5.41, 5.74) is 4.43. The maximum absolute atomic E-state index is 12.2. The molecule has 110 valence electrons. The van der Waals surface area contributed by atoms with Gasteiger partial charge in [0.25, 0.3) is 5.91 Å². The lowest BCUT2D eigenvalue weighted by Crippen LogP contribution is -2.25. The summed E-state index contributed by atoms with van der Waals surface area (Å²) in [6.45, 7) is 0. The summed E-state index contributed by atoms with van der Waals surface area (Å²) in [5.74, 6) is 0.424. The number of carbonyl (C=O) groups excluding carboxylic acids is 1. The minimum Gasteiger partial charge on any atom is -0.267 e. The van der Waals surface area contributed by atoms with Crippen molar-refractivity contribution in [2.45, 2.75) is 6.42 Å². The van der Waals surface area contributed by atoms with Gasteiger partial charge in [0.05, 0.1) is 0 Å². The topological polar surface area (TPSA) is 62.7 Å². The van der Waals surface area contributed by atoms with Gasteiger partial charge in [-0.15, -0.1) is 0 Å². The molecule has 1 aromatic heterocycles. The first-order valence-corrected chi connectivity index (χ1v) is 7.21. The summed E-state index contributed by atoms with van der Waals surface area (Å²) < 4.78 is 1.87. The Labute approximate surface area is 132 Å². The molecule has 0 saturated carbocycles. The van der Waals surface area contributed by atoms with Crippen LogP contribution in [0.2, 0.25) is 0 Å². The van der Waals surface area contributed by atoms with Crippen LogP contribution >= 0.6 is 12.2 Å². The second-order valence-electron chi connectivity index (χ2n) is 4.75. The normalized spacial score (nSPS) is 10.4. The molecule has 0 aliphatic heterocycles. The molecule has 3 rings (SSSR count). The summed E-state index contributed by atoms with van der Waals surface area (Å²) in [6, 6.07) is 18.9. The number of nitrogens with zero attached hydrogens (tertiary/aromatic N) is 2. The molecule has 0 unspecified atom stereocenters. The van der Waals surface area contributed by atoms with Crippen LogP contribution in [0.15, 0.2) is 60.7 Å². The number of nitrogens with one attached hydrogen (secondary N) is 2. The highest BCUT2D eigenvalue weighted by atomic mass is 32.1. The summed E-state index contributed by atoms with van der Waals surface area (Å²) in [7, 11) is 0. The molecule has 0 aliphatic carbocycles. The van der Waals surface area contributed by atoms with Crippen LogP contribution in [0.3, 0.4) is 0 Å². The quantitative estimate of drug-likeness (QED) is 0.728. The molecule has 0 atom stereocenters. The maximum Gasteiger partial charge on any atom is 0.270 e. The Bertz CT molecular complexity index is 824. The van der Waals surface area contributed by atoms with Crippen LogP contribution in [0.25, 0.3) is 0 Å². The van der Waals surface area contributed by atoms with Crippen molar-refractivity contribution in [1.82, 2.24) is 14.9 Å². The van der Waals surface area contributed by atoms with E-state index < -0.39 is 0 Å². The van der Waals surface area contributed by atoms with E-state index in [1.807, 2.05) is 48.5 Å². The number of aromatic nitrogens is 3. The number of amides is 1. The van der Waals surface area contributed by atoms with Gasteiger partial charge < -0.3 is 0 Å². The summed E-state index contributed by atoms with van der Waals surface area (Å²) in [6.07, 6.45) is 0.572. The van der Waals surface area contributed by atoms with Crippen molar-refractivity contribution in [1.29, 1.82) is 0 Å². The molecule has 6 heteroatoms. The fourth-order valence-electron chi connectivity index (χ4n) is 2.10. The fourth-order valence-corrected chi connectivity index (χ4v) is 2.29. The Morgan fingerprint density at radius 1 is 1.09 bits per heavy atom. The second kappa shape index (κ2) is 6.36. The average molecular weight is 310 g/mol. The highest BCUT2D eigenvalue weighted by Gasteiger charge is 2.11. The van der Waals surface area contributed by atoms with Gasteiger partial charge in [0.15, 0.2) is 5.82 Å². The lowest BCUT2D eigenvalue weighted by atomic mass is 10.1. The lowest BCUT2D eigenvalue weighted by Gasteiger charge is -2.08. The molecule has 5 nitrogen and oxygen atoms in total. The predicted octanol–water partition coefficient (Wildman–Crippen LogP) is 2.92. The van der Waals surface area contributed by atoms with Crippen LogP contribution < -0.4 is 5.43 Å². The van der Waals surface area contributed by atoms with Gasteiger partial charge in [-0.3, -0.25) is 15.3 Å². The second-order valence-corrected chi connectivity index (χ2v) is 5.14. The monoisotopic (exact) mass is 310 g/mol. The Morgan fingerprint density at radius 2 is 1.73 bits per heavy atom. The van der Waals surface area contributed by atoms with Crippen molar-refractivity contribution >= 4 is 18.1 Å². The largest absolute Gasteiger partial charge is 0.270 e. The SMILES string of the molecule is O=C(Nn1c(Cc2ccccc2)n[nH]c1=S)c1ccccc1. The highest BCUT2D eigenvalue weighted by molar-refractivity contribution is 7.71. The third-order valence-electron chi connectivity index (χ3n) is 3.20. The number of aromatic amines is 1. The molecule has 0 aliphatic rings. The number of hydrogen-bond donors (Lipinski definition) is 2. The molecular weight excluding hydrogens is 296 g/mol. The molecule has 0 radical (unpaired) electrons. The third kappa shape index (κ3) is 3.12. The van der Waals surface area contributed by atoms with E-state index in [0.29, 0.717) is 22.6 Å². The zero-order valence-electron chi connectivity index (χ0n) is 11.7. The minimum atomic E-state index is -0.229. The first-order valence-electron chi connectivity index (χ1n) is 6.80. The highest BCUT2D eigenvalue weighted by Crippen LogP contribution is 2.07.